The van der Waals surface area contributed by atoms with Crippen molar-refractivity contribution in [2.24, 2.45) is 0 Å². The second-order valence-electron chi connectivity index (χ2n) is 11.5. The summed E-state index contributed by atoms with van der Waals surface area (Å²) in [6, 6.07) is 55.7. The zero-order valence-corrected chi connectivity index (χ0v) is 24.7. The van der Waals surface area contributed by atoms with Gasteiger partial charge in [0.15, 0.2) is 0 Å². The van der Waals surface area contributed by atoms with E-state index in [0.29, 0.717) is 0 Å². The van der Waals surface area contributed by atoms with Crippen molar-refractivity contribution in [1.29, 1.82) is 0 Å². The van der Waals surface area contributed by atoms with Gasteiger partial charge >= 0.3 is 0 Å². The highest BCUT2D eigenvalue weighted by molar-refractivity contribution is 7.72. The van der Waals surface area contributed by atoms with Gasteiger partial charge < -0.3 is 9.24 Å². The standard InChI is InChI=1S/C39H31N2P/c1-39(2)33-20-10-13-23-37(33)40(38-24-14-11-21-34(38)39)28-25-26-36-32(27-28)31-19-9-12-22-35(31)41(36)42(29-15-5-3-6-16-29)30-17-7-4-8-18-30/h3-27H,1-2H3. The number of nitrogens with zero attached hydrogens (tertiary/aromatic N) is 2. The minimum atomic E-state index is -0.827. The van der Waals surface area contributed by atoms with E-state index in [4.69, 9.17) is 0 Å². The van der Waals surface area contributed by atoms with Crippen molar-refractivity contribution in [3.05, 3.63) is 163 Å². The number of fused-ring (bicyclic) bond motifs is 5. The van der Waals surface area contributed by atoms with Gasteiger partial charge in [-0.15, -0.1) is 0 Å². The van der Waals surface area contributed by atoms with Crippen molar-refractivity contribution >= 4 is 57.5 Å². The minimum absolute atomic E-state index is 0.0784. The molecular weight excluding hydrogens is 527 g/mol. The quantitative estimate of drug-likeness (QED) is 0.195. The van der Waals surface area contributed by atoms with Crippen LogP contribution in [-0.2, 0) is 5.41 Å². The Hall–Kier alpha value is -4.65. The summed E-state index contributed by atoms with van der Waals surface area (Å²) < 4.78 is 2.59. The fourth-order valence-corrected chi connectivity index (χ4v) is 9.21. The van der Waals surface area contributed by atoms with Gasteiger partial charge in [-0.25, -0.2) is 0 Å². The van der Waals surface area contributed by atoms with Gasteiger partial charge in [0.2, 0.25) is 0 Å². The summed E-state index contributed by atoms with van der Waals surface area (Å²) in [5.41, 5.74) is 8.84. The SMILES string of the molecule is CC1(C)c2ccccc2N(c2ccc3c(c2)c2ccccc2n3P(c2ccccc2)c2ccccc2)c2ccccc21. The predicted molar refractivity (Wildman–Crippen MR) is 181 cm³/mol. The molecule has 7 aromatic rings. The first-order valence-corrected chi connectivity index (χ1v) is 15.9. The number of para-hydroxylation sites is 3. The second kappa shape index (κ2) is 9.72. The number of aromatic nitrogens is 1. The smallest absolute Gasteiger partial charge is 0.0598 e. The Kier molecular flexibility index (Phi) is 5.81. The third kappa shape index (κ3) is 3.76. The van der Waals surface area contributed by atoms with Gasteiger partial charge in [-0.1, -0.05) is 129 Å². The van der Waals surface area contributed by atoms with Gasteiger partial charge in [-0.3, -0.25) is 0 Å². The van der Waals surface area contributed by atoms with Crippen molar-refractivity contribution in [3.8, 4) is 0 Å². The number of rotatable bonds is 4. The molecule has 0 radical (unpaired) electrons. The van der Waals surface area contributed by atoms with Crippen LogP contribution >= 0.6 is 8.07 Å². The topological polar surface area (TPSA) is 8.17 Å². The molecular formula is C39H31N2P. The van der Waals surface area contributed by atoms with E-state index in [1.54, 1.807) is 0 Å². The maximum absolute atomic E-state index is 2.59. The monoisotopic (exact) mass is 558 g/mol. The predicted octanol–water partition coefficient (Wildman–Crippen LogP) is 9.80. The Morgan fingerprint density at radius 1 is 0.476 bits per heavy atom. The Bertz CT molecular complexity index is 1990. The highest BCUT2D eigenvalue weighted by Crippen LogP contribution is 2.52. The molecule has 8 rings (SSSR count). The third-order valence-electron chi connectivity index (χ3n) is 8.73. The fourth-order valence-electron chi connectivity index (χ4n) is 6.76. The highest BCUT2D eigenvalue weighted by atomic mass is 31.1. The van der Waals surface area contributed by atoms with Crippen LogP contribution < -0.4 is 15.5 Å². The molecule has 0 spiro atoms. The molecule has 2 heterocycles. The number of hydrogen-bond acceptors (Lipinski definition) is 1. The van der Waals surface area contributed by atoms with Gasteiger partial charge in [0.1, 0.15) is 0 Å². The largest absolute Gasteiger partial charge is 0.310 e. The summed E-state index contributed by atoms with van der Waals surface area (Å²) in [6.07, 6.45) is 0. The number of hydrogen-bond donors (Lipinski definition) is 0. The Labute approximate surface area is 248 Å². The molecule has 0 amide bonds. The molecule has 3 heteroatoms. The lowest BCUT2D eigenvalue weighted by atomic mass is 9.73. The molecule has 0 atom stereocenters. The Balaban J connectivity index is 1.40. The molecule has 6 aromatic carbocycles. The summed E-state index contributed by atoms with van der Waals surface area (Å²) in [4.78, 5) is 2.46. The van der Waals surface area contributed by atoms with Crippen LogP contribution in [0.4, 0.5) is 17.1 Å². The first-order chi connectivity index (χ1) is 20.6. The molecule has 2 nitrogen and oxygen atoms in total. The normalized spacial score (nSPS) is 13.8. The summed E-state index contributed by atoms with van der Waals surface area (Å²) in [5.74, 6) is 0. The summed E-state index contributed by atoms with van der Waals surface area (Å²) in [6.45, 7) is 4.68. The van der Waals surface area contributed by atoms with Crippen molar-refractivity contribution in [3.63, 3.8) is 0 Å². The van der Waals surface area contributed by atoms with Gasteiger partial charge in [0.05, 0.1) is 30.5 Å². The second-order valence-corrected chi connectivity index (χ2v) is 13.6. The molecule has 0 saturated heterocycles. The van der Waals surface area contributed by atoms with Crippen LogP contribution in [0.5, 0.6) is 0 Å². The summed E-state index contributed by atoms with van der Waals surface area (Å²) in [7, 11) is -0.827. The number of benzene rings is 6. The van der Waals surface area contributed by atoms with Gasteiger partial charge in [0, 0.05) is 32.5 Å². The molecule has 1 aliphatic rings. The van der Waals surface area contributed by atoms with Crippen LogP contribution in [0, 0.1) is 0 Å². The molecule has 1 aromatic heterocycles. The molecule has 0 bridgehead atoms. The first kappa shape index (κ1) is 25.1. The lowest BCUT2D eigenvalue weighted by molar-refractivity contribution is 0.632. The molecule has 0 saturated carbocycles. The molecule has 0 N–H and O–H groups in total. The average molecular weight is 559 g/mol. The molecule has 0 unspecified atom stereocenters. The van der Waals surface area contributed by atoms with Crippen LogP contribution in [-0.4, -0.2) is 4.34 Å². The molecule has 202 valence electrons. The Morgan fingerprint density at radius 3 is 1.60 bits per heavy atom. The van der Waals surface area contributed by atoms with E-state index >= 15 is 0 Å². The summed E-state index contributed by atoms with van der Waals surface area (Å²) in [5, 5.41) is 5.24. The van der Waals surface area contributed by atoms with E-state index in [-0.39, 0.29) is 5.41 Å². The molecule has 0 aliphatic carbocycles. The van der Waals surface area contributed by atoms with E-state index in [9.17, 15) is 0 Å². The van der Waals surface area contributed by atoms with E-state index in [1.165, 1.54) is 60.6 Å². The molecule has 1 aliphatic heterocycles. The Morgan fingerprint density at radius 2 is 0.976 bits per heavy atom. The zero-order valence-electron chi connectivity index (χ0n) is 23.8. The maximum Gasteiger partial charge on any atom is 0.0598 e. The van der Waals surface area contributed by atoms with Crippen LogP contribution in [0.15, 0.2) is 152 Å². The van der Waals surface area contributed by atoms with Crippen LogP contribution in [0.1, 0.15) is 25.0 Å². The van der Waals surface area contributed by atoms with Gasteiger partial charge in [0.25, 0.3) is 0 Å². The van der Waals surface area contributed by atoms with Crippen molar-refractivity contribution in [2.45, 2.75) is 19.3 Å². The first-order valence-electron chi connectivity index (χ1n) is 14.6. The van der Waals surface area contributed by atoms with E-state index in [2.05, 4.69) is 175 Å². The average Bonchev–Trinajstić information content (AvgIpc) is 3.36. The van der Waals surface area contributed by atoms with E-state index in [1.807, 2.05) is 0 Å². The zero-order chi connectivity index (χ0) is 28.3. The minimum Gasteiger partial charge on any atom is -0.310 e. The van der Waals surface area contributed by atoms with E-state index < -0.39 is 8.07 Å². The third-order valence-corrected chi connectivity index (χ3v) is 11.1. The van der Waals surface area contributed by atoms with Crippen LogP contribution in [0.2, 0.25) is 0 Å². The lowest BCUT2D eigenvalue weighted by Crippen LogP contribution is -2.30. The van der Waals surface area contributed by atoms with Crippen molar-refractivity contribution in [2.75, 3.05) is 4.90 Å². The van der Waals surface area contributed by atoms with Gasteiger partial charge in [-0.05, 0) is 47.5 Å². The molecule has 0 fully saturated rings. The fraction of sp³-hybridized carbons (Fsp3) is 0.0769. The maximum atomic E-state index is 2.59. The highest BCUT2D eigenvalue weighted by Gasteiger charge is 2.36. The van der Waals surface area contributed by atoms with Crippen LogP contribution in [0.25, 0.3) is 21.8 Å². The van der Waals surface area contributed by atoms with Crippen molar-refractivity contribution < 1.29 is 0 Å². The van der Waals surface area contributed by atoms with Crippen molar-refractivity contribution in [1.82, 2.24) is 4.34 Å². The van der Waals surface area contributed by atoms with Gasteiger partial charge in [-0.2, -0.15) is 0 Å². The number of anilines is 3. The lowest BCUT2D eigenvalue weighted by Gasteiger charge is -2.42. The summed E-state index contributed by atoms with van der Waals surface area (Å²) >= 11 is 0. The molecule has 42 heavy (non-hydrogen) atoms. The van der Waals surface area contributed by atoms with Crippen LogP contribution in [0.3, 0.4) is 0 Å². The van der Waals surface area contributed by atoms with E-state index in [0.717, 1.165) is 0 Å².